The molecule has 0 unspecified atom stereocenters. The van der Waals surface area contributed by atoms with E-state index < -0.39 is 6.43 Å². The van der Waals surface area contributed by atoms with E-state index in [4.69, 9.17) is 24.4 Å². The number of aromatic nitrogens is 6. The fraction of sp³-hybridized carbons (Fsp3) is 0.500. The van der Waals surface area contributed by atoms with Gasteiger partial charge >= 0.3 is 0 Å². The van der Waals surface area contributed by atoms with E-state index in [0.29, 0.717) is 62.9 Å². The van der Waals surface area contributed by atoms with E-state index in [1.165, 1.54) is 5.69 Å². The maximum atomic E-state index is 12.7. The number of carbonyl (C=O) groups is 2. The first-order chi connectivity index (χ1) is 34.1. The number of benzene rings is 2. The van der Waals surface area contributed by atoms with Crippen LogP contribution in [0.25, 0.3) is 44.6 Å². The predicted octanol–water partition coefficient (Wildman–Crippen LogP) is 6.47. The van der Waals surface area contributed by atoms with Gasteiger partial charge in [0.1, 0.15) is 23.2 Å². The Balaban J connectivity index is 0.000000153. The number of nitrogens with one attached hydrogen (secondary N) is 3. The quantitative estimate of drug-likeness (QED) is 0.109. The van der Waals surface area contributed by atoms with Crippen molar-refractivity contribution in [2.24, 2.45) is 11.8 Å². The molecular weight excluding hydrogens is 895 g/mol. The summed E-state index contributed by atoms with van der Waals surface area (Å²) in [6.45, 7) is 11.9. The molecule has 0 spiro atoms. The van der Waals surface area contributed by atoms with Gasteiger partial charge in [0.05, 0.1) is 41.6 Å². The van der Waals surface area contributed by atoms with Crippen molar-refractivity contribution in [3.05, 3.63) is 73.3 Å². The van der Waals surface area contributed by atoms with Crippen LogP contribution >= 0.6 is 0 Å². The molecule has 70 heavy (non-hydrogen) atoms. The van der Waals surface area contributed by atoms with E-state index in [1.54, 1.807) is 0 Å². The molecule has 2 aromatic carbocycles. The zero-order valence-electron chi connectivity index (χ0n) is 39.9. The summed E-state index contributed by atoms with van der Waals surface area (Å²) in [5, 5.41) is 9.20. The van der Waals surface area contributed by atoms with E-state index in [1.807, 2.05) is 49.6 Å². The molecule has 16 nitrogen and oxygen atoms in total. The van der Waals surface area contributed by atoms with Crippen molar-refractivity contribution in [2.45, 2.75) is 83.1 Å². The Morgan fingerprint density at radius 2 is 1.07 bits per heavy atom. The Kier molecular flexibility index (Phi) is 13.0. The largest absolute Gasteiger partial charge is 0.473 e. The van der Waals surface area contributed by atoms with E-state index in [2.05, 4.69) is 82.3 Å². The number of rotatable bonds is 14. The minimum absolute atomic E-state index is 0.0610. The molecule has 12 rings (SSSR count). The molecule has 8 heterocycles. The first kappa shape index (κ1) is 46.0. The van der Waals surface area contributed by atoms with Gasteiger partial charge in [0.15, 0.2) is 0 Å². The molecular formula is C52H62F2N12O4. The van der Waals surface area contributed by atoms with Crippen molar-refractivity contribution < 1.29 is 27.8 Å². The monoisotopic (exact) mass is 956 g/mol. The first-order valence-corrected chi connectivity index (χ1v) is 25.1. The number of ether oxygens (including phenoxy) is 2. The standard InChI is InChI=1S/C27H32F2N6O2.C25H30N6O2/c1-17(19-12-25(36)30-14-19)37-27-26-23(31-16-35(26)21-6-7-21)13-22(32-27)18-2-4-20(5-3-18)34-10-8-33(9-11-34)15-24(28)29;1-16(18-12-23(32)27-14-18)33-25-24-22(28-15-31(24)20-6-7-20)13-21(29-25)17-2-4-19(5-3-17)30-10-8-26-9-11-30/h2-5,13,16-17,19,21,24H,6-12,14-15H2,1H3,(H,30,36);2-5,13,15-16,18,20,26H,6-12,14H2,1H3,(H,27,32)/t17-,19-;16-,18-/m11/s1. The van der Waals surface area contributed by atoms with Gasteiger partial charge in [-0.15, -0.1) is 0 Å². The van der Waals surface area contributed by atoms with Gasteiger partial charge in [-0.2, -0.15) is 0 Å². The number of pyridine rings is 2. The molecule has 18 heteroatoms. The molecule has 4 saturated heterocycles. The molecule has 3 N–H and O–H groups in total. The number of alkyl halides is 2. The molecule has 368 valence electrons. The predicted molar refractivity (Wildman–Crippen MR) is 265 cm³/mol. The van der Waals surface area contributed by atoms with Gasteiger partial charge in [-0.05, 0) is 75.9 Å². The molecule has 4 atom stereocenters. The Hall–Kier alpha value is -6.40. The van der Waals surface area contributed by atoms with E-state index >= 15 is 0 Å². The van der Waals surface area contributed by atoms with Crippen LogP contribution in [0.5, 0.6) is 11.8 Å². The highest BCUT2D eigenvalue weighted by molar-refractivity contribution is 5.86. The van der Waals surface area contributed by atoms with Crippen molar-refractivity contribution in [2.75, 3.05) is 81.8 Å². The zero-order chi connectivity index (χ0) is 47.9. The van der Waals surface area contributed by atoms with Gasteiger partial charge in [-0.3, -0.25) is 14.5 Å². The number of hydrogen-bond donors (Lipinski definition) is 3. The fourth-order valence-electron chi connectivity index (χ4n) is 10.2. The number of piperazine rings is 2. The summed E-state index contributed by atoms with van der Waals surface area (Å²) in [4.78, 5) is 49.2. The van der Waals surface area contributed by atoms with Crippen LogP contribution in [0.1, 0.15) is 64.5 Å². The third kappa shape index (κ3) is 10.1. The number of nitrogens with zero attached hydrogens (tertiary/aromatic N) is 9. The van der Waals surface area contributed by atoms with Crippen LogP contribution in [0.2, 0.25) is 0 Å². The van der Waals surface area contributed by atoms with Crippen molar-refractivity contribution >= 4 is 45.3 Å². The van der Waals surface area contributed by atoms with Crippen molar-refractivity contribution in [1.82, 2.24) is 49.9 Å². The summed E-state index contributed by atoms with van der Waals surface area (Å²) in [5.74, 6) is 1.58. The van der Waals surface area contributed by atoms with Gasteiger partial charge in [0.2, 0.25) is 23.6 Å². The van der Waals surface area contributed by atoms with Gasteiger partial charge in [-0.1, -0.05) is 24.3 Å². The van der Waals surface area contributed by atoms with Gasteiger partial charge in [0, 0.05) is 125 Å². The highest BCUT2D eigenvalue weighted by Crippen LogP contribution is 2.42. The van der Waals surface area contributed by atoms with Crippen molar-refractivity contribution in [3.8, 4) is 34.3 Å². The summed E-state index contributed by atoms with van der Waals surface area (Å²) in [6, 6.07) is 21.8. The Morgan fingerprint density at radius 1 is 0.629 bits per heavy atom. The van der Waals surface area contributed by atoms with Crippen LogP contribution in [-0.2, 0) is 9.59 Å². The highest BCUT2D eigenvalue weighted by Gasteiger charge is 2.33. The molecule has 4 aromatic heterocycles. The summed E-state index contributed by atoms with van der Waals surface area (Å²) < 4.78 is 42.6. The smallest absolute Gasteiger partial charge is 0.251 e. The average Bonchev–Trinajstić information content (AvgIpc) is 4.20. The SMILES string of the molecule is C[C@@H](Oc1nc(-c2ccc(N3CCN(CC(F)F)CC3)cc2)cc2ncn(C3CC3)c12)[C@H]1CNC(=O)C1.C[C@@H](Oc1nc(-c2ccc(N3CCNCC3)cc2)cc2ncn(C3CC3)c12)[C@H]1CNC(=O)C1. The lowest BCUT2D eigenvalue weighted by molar-refractivity contribution is -0.120. The molecule has 0 bridgehead atoms. The minimum Gasteiger partial charge on any atom is -0.473 e. The van der Waals surface area contributed by atoms with Gasteiger partial charge in [0.25, 0.3) is 6.43 Å². The molecule has 0 radical (unpaired) electrons. The third-order valence-corrected chi connectivity index (χ3v) is 14.8. The Bertz CT molecular complexity index is 2820. The molecule has 2 aliphatic carbocycles. The van der Waals surface area contributed by atoms with Crippen LogP contribution < -0.4 is 35.2 Å². The van der Waals surface area contributed by atoms with Crippen LogP contribution in [0.15, 0.2) is 73.3 Å². The summed E-state index contributed by atoms with van der Waals surface area (Å²) in [5.41, 5.74) is 9.58. The molecule has 6 aliphatic rings. The normalized spacial score (nSPS) is 21.7. The van der Waals surface area contributed by atoms with Crippen molar-refractivity contribution in [1.29, 1.82) is 0 Å². The van der Waals surface area contributed by atoms with Crippen LogP contribution in [0.3, 0.4) is 0 Å². The first-order valence-electron chi connectivity index (χ1n) is 25.1. The Morgan fingerprint density at radius 3 is 1.47 bits per heavy atom. The number of anilines is 2. The molecule has 2 saturated carbocycles. The second-order valence-corrected chi connectivity index (χ2v) is 19.8. The second kappa shape index (κ2) is 19.8. The lowest BCUT2D eigenvalue weighted by Crippen LogP contribution is -2.47. The number of fused-ring (bicyclic) bond motifs is 2. The second-order valence-electron chi connectivity index (χ2n) is 19.8. The molecule has 6 aromatic rings. The number of halogens is 2. The molecule has 6 fully saturated rings. The summed E-state index contributed by atoms with van der Waals surface area (Å²) >= 11 is 0. The average molecular weight is 957 g/mol. The lowest BCUT2D eigenvalue weighted by atomic mass is 10.0. The zero-order valence-corrected chi connectivity index (χ0v) is 39.9. The van der Waals surface area contributed by atoms with E-state index in [0.717, 1.165) is 115 Å². The Labute approximate surface area is 406 Å². The fourth-order valence-corrected chi connectivity index (χ4v) is 10.2. The topological polar surface area (TPSA) is 160 Å². The maximum Gasteiger partial charge on any atom is 0.251 e. The number of imidazole rings is 2. The number of carbonyl (C=O) groups excluding carboxylic acids is 2. The van der Waals surface area contributed by atoms with Crippen LogP contribution in [0, 0.1) is 11.8 Å². The van der Waals surface area contributed by atoms with Gasteiger partial charge in [-0.25, -0.2) is 28.7 Å². The molecule has 2 amide bonds. The van der Waals surface area contributed by atoms with E-state index in [9.17, 15) is 18.4 Å². The third-order valence-electron chi connectivity index (χ3n) is 14.8. The number of amides is 2. The molecule has 4 aliphatic heterocycles. The lowest BCUT2D eigenvalue weighted by Gasteiger charge is -2.36. The summed E-state index contributed by atoms with van der Waals surface area (Å²) in [7, 11) is 0. The van der Waals surface area contributed by atoms with Crippen LogP contribution in [-0.4, -0.2) is 136 Å². The minimum atomic E-state index is -2.29. The van der Waals surface area contributed by atoms with E-state index in [-0.39, 0.29) is 42.4 Å². The van der Waals surface area contributed by atoms with Gasteiger partial charge < -0.3 is 44.4 Å². The van der Waals surface area contributed by atoms with Crippen molar-refractivity contribution in [3.63, 3.8) is 0 Å². The number of hydrogen-bond acceptors (Lipinski definition) is 12. The van der Waals surface area contributed by atoms with Crippen LogP contribution in [0.4, 0.5) is 20.2 Å². The highest BCUT2D eigenvalue weighted by atomic mass is 19.3. The summed E-state index contributed by atoms with van der Waals surface area (Å²) in [6.07, 6.45) is 6.76. The maximum absolute atomic E-state index is 12.7.